The first-order valence-corrected chi connectivity index (χ1v) is 11.5. The lowest BCUT2D eigenvalue weighted by molar-refractivity contribution is -0.114. The molecule has 5 rings (SSSR count). The Hall–Kier alpha value is -4.27. The van der Waals surface area contributed by atoms with Crippen molar-refractivity contribution in [2.75, 3.05) is 23.3 Å². The number of hydrogen-bond acceptors (Lipinski definition) is 7. The topological polar surface area (TPSA) is 107 Å². The van der Waals surface area contributed by atoms with Gasteiger partial charge >= 0.3 is 0 Å². The number of benzene rings is 2. The molecular formula is C26H25FN6O2. The number of H-pyrrole nitrogens is 1. The van der Waals surface area contributed by atoms with Gasteiger partial charge in [-0.1, -0.05) is 24.8 Å². The summed E-state index contributed by atoms with van der Waals surface area (Å²) in [5.74, 6) is -0.488. The van der Waals surface area contributed by atoms with E-state index in [1.165, 1.54) is 18.2 Å². The zero-order valence-electron chi connectivity index (χ0n) is 19.1. The zero-order chi connectivity index (χ0) is 24.4. The van der Waals surface area contributed by atoms with E-state index in [-0.39, 0.29) is 29.6 Å². The predicted octanol–water partition coefficient (Wildman–Crippen LogP) is 4.90. The molecule has 1 fully saturated rings. The van der Waals surface area contributed by atoms with E-state index in [1.54, 1.807) is 6.20 Å². The minimum Gasteiger partial charge on any atom is -0.506 e. The van der Waals surface area contributed by atoms with Crippen LogP contribution in [0.2, 0.25) is 0 Å². The first-order chi connectivity index (χ1) is 17.0. The van der Waals surface area contributed by atoms with Crippen molar-refractivity contribution in [1.29, 1.82) is 0 Å². The first kappa shape index (κ1) is 22.5. The van der Waals surface area contributed by atoms with Crippen molar-refractivity contribution in [3.05, 3.63) is 66.6 Å². The molecule has 1 aliphatic rings. The molecular weight excluding hydrogens is 447 g/mol. The number of halogens is 1. The number of nitrogens with one attached hydrogen (secondary N) is 2. The number of fused-ring (bicyclic) bond motifs is 1. The summed E-state index contributed by atoms with van der Waals surface area (Å²) in [7, 11) is 0. The second-order valence-corrected chi connectivity index (χ2v) is 8.57. The number of anilines is 3. The summed E-state index contributed by atoms with van der Waals surface area (Å²) in [5, 5.41) is 21.2. The van der Waals surface area contributed by atoms with Crippen molar-refractivity contribution >= 4 is 34.1 Å². The SMILES string of the molecule is C=CC(=O)Cc1cccc(-c2nc(Nc3cc(O)c(N4CCCCC4)c(F)c3)nc3[nH]ncc23)c1. The number of aromatic nitrogens is 4. The summed E-state index contributed by atoms with van der Waals surface area (Å²) in [6.45, 7) is 4.97. The maximum Gasteiger partial charge on any atom is 0.229 e. The quantitative estimate of drug-likeness (QED) is 0.329. The Balaban J connectivity index is 1.48. The second kappa shape index (κ2) is 9.54. The first-order valence-electron chi connectivity index (χ1n) is 11.5. The molecule has 3 heterocycles. The summed E-state index contributed by atoms with van der Waals surface area (Å²) < 4.78 is 15.0. The highest BCUT2D eigenvalue weighted by Crippen LogP contribution is 2.36. The maximum absolute atomic E-state index is 15.0. The number of carbonyl (C=O) groups is 1. The molecule has 0 atom stereocenters. The van der Waals surface area contributed by atoms with Crippen LogP contribution in [0.5, 0.6) is 5.75 Å². The molecule has 1 saturated heterocycles. The minimum atomic E-state index is -0.503. The lowest BCUT2D eigenvalue weighted by Crippen LogP contribution is -2.30. The Bertz CT molecular complexity index is 1390. The molecule has 0 bridgehead atoms. The third kappa shape index (κ3) is 4.70. The van der Waals surface area contributed by atoms with Crippen LogP contribution >= 0.6 is 0 Å². The number of hydrogen-bond donors (Lipinski definition) is 3. The molecule has 8 nitrogen and oxygen atoms in total. The van der Waals surface area contributed by atoms with Crippen LogP contribution in [0, 0.1) is 5.82 Å². The lowest BCUT2D eigenvalue weighted by atomic mass is 10.0. The normalized spacial score (nSPS) is 13.7. The lowest BCUT2D eigenvalue weighted by Gasteiger charge is -2.29. The summed E-state index contributed by atoms with van der Waals surface area (Å²) in [6.07, 6.45) is 6.24. The maximum atomic E-state index is 15.0. The molecule has 0 aliphatic carbocycles. The van der Waals surface area contributed by atoms with Crippen LogP contribution in [0.3, 0.4) is 0 Å². The van der Waals surface area contributed by atoms with Crippen molar-refractivity contribution in [2.45, 2.75) is 25.7 Å². The Morgan fingerprint density at radius 3 is 2.80 bits per heavy atom. The number of ketones is 1. The van der Waals surface area contributed by atoms with Gasteiger partial charge < -0.3 is 15.3 Å². The van der Waals surface area contributed by atoms with Gasteiger partial charge in [-0.05, 0) is 43.0 Å². The van der Waals surface area contributed by atoms with Gasteiger partial charge in [-0.2, -0.15) is 10.1 Å². The summed E-state index contributed by atoms with van der Waals surface area (Å²) in [5.41, 5.74) is 3.28. The fourth-order valence-corrected chi connectivity index (χ4v) is 4.43. The van der Waals surface area contributed by atoms with Crippen molar-refractivity contribution in [1.82, 2.24) is 20.2 Å². The summed E-state index contributed by atoms with van der Waals surface area (Å²) in [4.78, 5) is 22.8. The van der Waals surface area contributed by atoms with Crippen molar-refractivity contribution in [2.24, 2.45) is 0 Å². The number of allylic oxidation sites excluding steroid dienone is 1. The third-order valence-electron chi connectivity index (χ3n) is 6.09. The number of aromatic hydroxyl groups is 1. The second-order valence-electron chi connectivity index (χ2n) is 8.57. The molecule has 4 aromatic rings. The number of carbonyl (C=O) groups excluding carboxylic acids is 1. The number of nitrogens with zero attached hydrogens (tertiary/aromatic N) is 4. The summed E-state index contributed by atoms with van der Waals surface area (Å²) >= 11 is 0. The molecule has 9 heteroatoms. The number of aromatic amines is 1. The van der Waals surface area contributed by atoms with Crippen molar-refractivity contribution < 1.29 is 14.3 Å². The molecule has 3 N–H and O–H groups in total. The zero-order valence-corrected chi connectivity index (χ0v) is 19.1. The molecule has 0 radical (unpaired) electrons. The predicted molar refractivity (Wildman–Crippen MR) is 133 cm³/mol. The smallest absolute Gasteiger partial charge is 0.229 e. The Morgan fingerprint density at radius 1 is 1.20 bits per heavy atom. The van der Waals surface area contributed by atoms with E-state index in [2.05, 4.69) is 32.1 Å². The molecule has 178 valence electrons. The van der Waals surface area contributed by atoms with E-state index >= 15 is 0 Å². The van der Waals surface area contributed by atoms with E-state index in [0.717, 1.165) is 43.5 Å². The number of phenols is 1. The van der Waals surface area contributed by atoms with Crippen LogP contribution in [0.15, 0.2) is 55.3 Å². The average molecular weight is 473 g/mol. The van der Waals surface area contributed by atoms with Gasteiger partial charge in [-0.25, -0.2) is 9.37 Å². The van der Waals surface area contributed by atoms with Crippen LogP contribution in [-0.2, 0) is 11.2 Å². The van der Waals surface area contributed by atoms with Gasteiger partial charge in [0.1, 0.15) is 11.4 Å². The van der Waals surface area contributed by atoms with Gasteiger partial charge in [0.25, 0.3) is 0 Å². The Labute approximate surface area is 201 Å². The van der Waals surface area contributed by atoms with Gasteiger partial charge in [-0.15, -0.1) is 0 Å². The largest absolute Gasteiger partial charge is 0.506 e. The highest BCUT2D eigenvalue weighted by molar-refractivity contribution is 5.93. The molecule has 0 amide bonds. The van der Waals surface area contributed by atoms with Gasteiger partial charge in [-0.3, -0.25) is 9.89 Å². The fourth-order valence-electron chi connectivity index (χ4n) is 4.43. The number of phenolic OH excluding ortho intramolecular Hbond substituents is 1. The van der Waals surface area contributed by atoms with Crippen LogP contribution in [-0.4, -0.2) is 44.1 Å². The molecule has 0 unspecified atom stereocenters. The Kier molecular flexibility index (Phi) is 6.13. The molecule has 1 aliphatic heterocycles. The van der Waals surface area contributed by atoms with Gasteiger partial charge in [0, 0.05) is 36.8 Å². The molecule has 0 spiro atoms. The van der Waals surface area contributed by atoms with E-state index in [4.69, 9.17) is 0 Å². The van der Waals surface area contributed by atoms with Gasteiger partial charge in [0.2, 0.25) is 5.95 Å². The monoisotopic (exact) mass is 472 g/mol. The standard InChI is InChI=1S/C26H25FN6O2/c1-2-19(34)12-16-7-6-8-17(11-16)23-20-15-28-32-25(20)31-26(30-23)29-18-13-21(27)24(22(35)14-18)33-9-4-3-5-10-33/h2,6-8,11,13-15,35H,1,3-5,9-10,12H2,(H2,28,29,30,31,32). The van der Waals surface area contributed by atoms with E-state index in [9.17, 15) is 14.3 Å². The van der Waals surface area contributed by atoms with Gasteiger partial charge in [0.05, 0.1) is 17.3 Å². The third-order valence-corrected chi connectivity index (χ3v) is 6.09. The molecule has 2 aromatic carbocycles. The van der Waals surface area contributed by atoms with Crippen molar-refractivity contribution in [3.63, 3.8) is 0 Å². The molecule has 35 heavy (non-hydrogen) atoms. The van der Waals surface area contributed by atoms with Crippen molar-refractivity contribution in [3.8, 4) is 17.0 Å². The highest BCUT2D eigenvalue weighted by Gasteiger charge is 2.20. The Morgan fingerprint density at radius 2 is 2.03 bits per heavy atom. The van der Waals surface area contributed by atoms with Crippen LogP contribution < -0.4 is 10.2 Å². The minimum absolute atomic E-state index is 0.0736. The van der Waals surface area contributed by atoms with Gasteiger partial charge in [0.15, 0.2) is 17.2 Å². The van der Waals surface area contributed by atoms with E-state index in [0.29, 0.717) is 22.4 Å². The number of rotatable bonds is 7. The molecule has 2 aromatic heterocycles. The van der Waals surface area contributed by atoms with E-state index in [1.807, 2.05) is 29.2 Å². The van der Waals surface area contributed by atoms with Crippen LogP contribution in [0.25, 0.3) is 22.3 Å². The average Bonchev–Trinajstić information content (AvgIpc) is 3.32. The van der Waals surface area contributed by atoms with Crippen LogP contribution in [0.4, 0.5) is 21.7 Å². The van der Waals surface area contributed by atoms with Crippen LogP contribution in [0.1, 0.15) is 24.8 Å². The summed E-state index contributed by atoms with van der Waals surface area (Å²) in [6, 6.07) is 10.3. The number of piperidine rings is 1. The molecule has 0 saturated carbocycles. The fraction of sp³-hybridized carbons (Fsp3) is 0.231. The highest BCUT2D eigenvalue weighted by atomic mass is 19.1. The van der Waals surface area contributed by atoms with E-state index < -0.39 is 5.82 Å².